The van der Waals surface area contributed by atoms with Crippen LogP contribution in [0.5, 0.6) is 5.75 Å². The molecule has 4 rings (SSSR count). The summed E-state index contributed by atoms with van der Waals surface area (Å²) in [6.07, 6.45) is 0. The lowest BCUT2D eigenvalue weighted by atomic mass is 10.0. The summed E-state index contributed by atoms with van der Waals surface area (Å²) in [5.74, 6) is 0.670. The number of rotatable bonds is 7. The Labute approximate surface area is 176 Å². The van der Waals surface area contributed by atoms with Gasteiger partial charge in [-0.1, -0.05) is 72.8 Å². The molecule has 0 fully saturated rings. The standard InChI is InChI=1S/C25H22FNO.ClH/c26-22-13-10-19(11-14-22)16-27-17-24-23-9-5-4-8-21(23)12-15-25(24)28-18-20-6-2-1-3-7-20;/h1-15,27H,16-18H2;1H. The molecule has 0 atom stereocenters. The fourth-order valence-electron chi connectivity index (χ4n) is 3.30. The Hall–Kier alpha value is -2.88. The minimum absolute atomic E-state index is 0. The van der Waals surface area contributed by atoms with Crippen LogP contribution < -0.4 is 10.1 Å². The third-order valence-corrected chi connectivity index (χ3v) is 4.78. The molecule has 0 bridgehead atoms. The zero-order valence-corrected chi connectivity index (χ0v) is 16.8. The smallest absolute Gasteiger partial charge is 0.124 e. The van der Waals surface area contributed by atoms with E-state index in [0.717, 1.165) is 22.4 Å². The van der Waals surface area contributed by atoms with Crippen LogP contribution in [0.25, 0.3) is 10.8 Å². The van der Waals surface area contributed by atoms with Gasteiger partial charge in [-0.3, -0.25) is 0 Å². The van der Waals surface area contributed by atoms with Crippen LogP contribution in [0, 0.1) is 5.82 Å². The van der Waals surface area contributed by atoms with Crippen LogP contribution in [0.2, 0.25) is 0 Å². The van der Waals surface area contributed by atoms with Crippen LogP contribution >= 0.6 is 12.4 Å². The van der Waals surface area contributed by atoms with Gasteiger partial charge in [0.2, 0.25) is 0 Å². The highest BCUT2D eigenvalue weighted by molar-refractivity contribution is 5.87. The van der Waals surface area contributed by atoms with Crippen molar-refractivity contribution in [1.82, 2.24) is 5.32 Å². The molecular weight excluding hydrogens is 385 g/mol. The average Bonchev–Trinajstić information content (AvgIpc) is 2.75. The molecule has 4 heteroatoms. The first-order valence-electron chi connectivity index (χ1n) is 9.42. The third-order valence-electron chi connectivity index (χ3n) is 4.78. The highest BCUT2D eigenvalue weighted by atomic mass is 35.5. The molecule has 0 unspecified atom stereocenters. The molecule has 4 aromatic carbocycles. The molecule has 0 aliphatic carbocycles. The van der Waals surface area contributed by atoms with Gasteiger partial charge in [-0.05, 0) is 40.1 Å². The van der Waals surface area contributed by atoms with Crippen molar-refractivity contribution in [2.45, 2.75) is 19.7 Å². The quantitative estimate of drug-likeness (QED) is 0.390. The summed E-state index contributed by atoms with van der Waals surface area (Å²) >= 11 is 0. The molecule has 0 saturated carbocycles. The number of halogens is 2. The largest absolute Gasteiger partial charge is 0.489 e. The van der Waals surface area contributed by atoms with E-state index >= 15 is 0 Å². The topological polar surface area (TPSA) is 21.3 Å². The molecule has 0 radical (unpaired) electrons. The molecule has 29 heavy (non-hydrogen) atoms. The normalized spacial score (nSPS) is 10.5. The predicted octanol–water partition coefficient (Wildman–Crippen LogP) is 6.27. The van der Waals surface area contributed by atoms with Crippen LogP contribution in [-0.2, 0) is 19.7 Å². The lowest BCUT2D eigenvalue weighted by Crippen LogP contribution is -2.14. The Balaban J connectivity index is 0.00000240. The maximum Gasteiger partial charge on any atom is 0.124 e. The van der Waals surface area contributed by atoms with Gasteiger partial charge in [-0.2, -0.15) is 0 Å². The van der Waals surface area contributed by atoms with Crippen molar-refractivity contribution in [3.05, 3.63) is 114 Å². The molecule has 0 aromatic heterocycles. The second-order valence-corrected chi connectivity index (χ2v) is 6.77. The van der Waals surface area contributed by atoms with Crippen LogP contribution in [0.3, 0.4) is 0 Å². The van der Waals surface area contributed by atoms with Crippen molar-refractivity contribution in [3.63, 3.8) is 0 Å². The fourth-order valence-corrected chi connectivity index (χ4v) is 3.30. The van der Waals surface area contributed by atoms with Gasteiger partial charge in [0.05, 0.1) is 0 Å². The van der Waals surface area contributed by atoms with Crippen molar-refractivity contribution in [2.75, 3.05) is 0 Å². The number of ether oxygens (including phenoxy) is 1. The third kappa shape index (κ3) is 5.35. The van der Waals surface area contributed by atoms with Gasteiger partial charge >= 0.3 is 0 Å². The molecule has 2 nitrogen and oxygen atoms in total. The van der Waals surface area contributed by atoms with Gasteiger partial charge in [0.25, 0.3) is 0 Å². The first-order valence-corrected chi connectivity index (χ1v) is 9.42. The zero-order valence-electron chi connectivity index (χ0n) is 16.0. The number of benzene rings is 4. The SMILES string of the molecule is Cl.Fc1ccc(CNCc2c(OCc3ccccc3)ccc3ccccc23)cc1. The van der Waals surface area contributed by atoms with Crippen LogP contribution in [0.4, 0.5) is 4.39 Å². The second-order valence-electron chi connectivity index (χ2n) is 6.77. The molecule has 0 spiro atoms. The van der Waals surface area contributed by atoms with Crippen molar-refractivity contribution in [1.29, 1.82) is 0 Å². The maximum atomic E-state index is 13.1. The highest BCUT2D eigenvalue weighted by Gasteiger charge is 2.09. The summed E-state index contributed by atoms with van der Waals surface area (Å²) in [5.41, 5.74) is 3.32. The van der Waals surface area contributed by atoms with Gasteiger partial charge in [-0.15, -0.1) is 12.4 Å². The van der Waals surface area contributed by atoms with Gasteiger partial charge < -0.3 is 10.1 Å². The molecule has 4 aromatic rings. The minimum Gasteiger partial charge on any atom is -0.489 e. The number of fused-ring (bicyclic) bond motifs is 1. The Morgan fingerprint density at radius 1 is 0.690 bits per heavy atom. The number of hydrogen-bond donors (Lipinski definition) is 1. The van der Waals surface area contributed by atoms with E-state index in [1.807, 2.05) is 36.4 Å². The summed E-state index contributed by atoms with van der Waals surface area (Å²) in [4.78, 5) is 0. The Kier molecular flexibility index (Phi) is 7.23. The first-order chi connectivity index (χ1) is 13.8. The van der Waals surface area contributed by atoms with Gasteiger partial charge in [0.1, 0.15) is 18.2 Å². The van der Waals surface area contributed by atoms with E-state index in [0.29, 0.717) is 19.7 Å². The molecule has 0 amide bonds. The van der Waals surface area contributed by atoms with E-state index in [1.54, 1.807) is 12.1 Å². The molecule has 148 valence electrons. The van der Waals surface area contributed by atoms with Crippen molar-refractivity contribution in [3.8, 4) is 5.75 Å². The predicted molar refractivity (Wildman–Crippen MR) is 119 cm³/mol. The van der Waals surface area contributed by atoms with Crippen molar-refractivity contribution >= 4 is 23.2 Å². The highest BCUT2D eigenvalue weighted by Crippen LogP contribution is 2.29. The summed E-state index contributed by atoms with van der Waals surface area (Å²) in [5, 5.41) is 5.83. The summed E-state index contributed by atoms with van der Waals surface area (Å²) in [6.45, 7) is 1.87. The maximum absolute atomic E-state index is 13.1. The average molecular weight is 408 g/mol. The first kappa shape index (κ1) is 20.8. The Bertz CT molecular complexity index is 1050. The molecule has 0 aliphatic heterocycles. The van der Waals surface area contributed by atoms with E-state index in [2.05, 4.69) is 35.6 Å². The van der Waals surface area contributed by atoms with Crippen molar-refractivity contribution in [2.24, 2.45) is 0 Å². The monoisotopic (exact) mass is 407 g/mol. The van der Waals surface area contributed by atoms with E-state index in [4.69, 9.17) is 4.74 Å². The van der Waals surface area contributed by atoms with Gasteiger partial charge in [0, 0.05) is 18.7 Å². The fraction of sp³-hybridized carbons (Fsp3) is 0.120. The number of nitrogens with one attached hydrogen (secondary N) is 1. The molecular formula is C25H23ClFNO. The molecule has 0 aliphatic rings. The lowest BCUT2D eigenvalue weighted by molar-refractivity contribution is 0.302. The lowest BCUT2D eigenvalue weighted by Gasteiger charge is -2.15. The molecule has 0 saturated heterocycles. The summed E-state index contributed by atoms with van der Waals surface area (Å²) in [6, 6.07) is 29.2. The second kappa shape index (κ2) is 10.1. The van der Waals surface area contributed by atoms with E-state index in [-0.39, 0.29) is 18.2 Å². The molecule has 1 N–H and O–H groups in total. The van der Waals surface area contributed by atoms with E-state index in [9.17, 15) is 4.39 Å². The molecule has 0 heterocycles. The number of hydrogen-bond acceptors (Lipinski definition) is 2. The van der Waals surface area contributed by atoms with Crippen molar-refractivity contribution < 1.29 is 9.13 Å². The van der Waals surface area contributed by atoms with E-state index < -0.39 is 0 Å². The Morgan fingerprint density at radius 3 is 2.21 bits per heavy atom. The summed E-state index contributed by atoms with van der Waals surface area (Å²) < 4.78 is 19.2. The Morgan fingerprint density at radius 2 is 1.41 bits per heavy atom. The van der Waals surface area contributed by atoms with Gasteiger partial charge in [0.15, 0.2) is 0 Å². The van der Waals surface area contributed by atoms with E-state index in [1.165, 1.54) is 22.9 Å². The van der Waals surface area contributed by atoms with Crippen LogP contribution in [0.15, 0.2) is 91.0 Å². The minimum atomic E-state index is -0.214. The van der Waals surface area contributed by atoms with Crippen LogP contribution in [-0.4, -0.2) is 0 Å². The zero-order chi connectivity index (χ0) is 19.2. The summed E-state index contributed by atoms with van der Waals surface area (Å²) in [7, 11) is 0. The van der Waals surface area contributed by atoms with Crippen LogP contribution in [0.1, 0.15) is 16.7 Å². The van der Waals surface area contributed by atoms with Gasteiger partial charge in [-0.25, -0.2) is 4.39 Å².